The average molecular weight is 322 g/mol. The summed E-state index contributed by atoms with van der Waals surface area (Å²) < 4.78 is 15.1. The Morgan fingerprint density at radius 2 is 1.91 bits per heavy atom. The number of hydrogen-bond acceptors (Lipinski definition) is 9. The van der Waals surface area contributed by atoms with Crippen LogP contribution in [0.2, 0.25) is 0 Å². The molecule has 0 spiro atoms. The molecule has 0 radical (unpaired) electrons. The molecule has 9 nitrogen and oxygen atoms in total. The van der Waals surface area contributed by atoms with E-state index >= 15 is 0 Å². The van der Waals surface area contributed by atoms with Crippen molar-refractivity contribution in [3.63, 3.8) is 0 Å². The second-order valence-corrected chi connectivity index (χ2v) is 4.77. The first-order valence-electron chi connectivity index (χ1n) is 6.80. The Morgan fingerprint density at radius 3 is 2.45 bits per heavy atom. The van der Waals surface area contributed by atoms with Crippen molar-refractivity contribution < 1.29 is 44.5 Å². The molecule has 1 rings (SSSR count). The first-order chi connectivity index (χ1) is 10.4. The summed E-state index contributed by atoms with van der Waals surface area (Å²) in [7, 11) is 0. The van der Waals surface area contributed by atoms with E-state index in [1.807, 2.05) is 0 Å². The van der Waals surface area contributed by atoms with E-state index in [-0.39, 0.29) is 6.61 Å². The molecule has 0 bridgehead atoms. The normalized spacial score (nSPS) is 33.8. The van der Waals surface area contributed by atoms with Crippen LogP contribution in [0.1, 0.15) is 6.92 Å². The van der Waals surface area contributed by atoms with Crippen LogP contribution in [0.5, 0.6) is 0 Å². The van der Waals surface area contributed by atoms with Crippen LogP contribution in [-0.4, -0.2) is 88.1 Å². The van der Waals surface area contributed by atoms with Crippen molar-refractivity contribution in [1.82, 2.24) is 0 Å². The van der Waals surface area contributed by atoms with Crippen molar-refractivity contribution in [3.8, 4) is 0 Å². The summed E-state index contributed by atoms with van der Waals surface area (Å²) in [5.41, 5.74) is 0. The van der Waals surface area contributed by atoms with E-state index in [2.05, 4.69) is 0 Å². The highest BCUT2D eigenvalue weighted by molar-refractivity contribution is 5.81. The van der Waals surface area contributed by atoms with Gasteiger partial charge in [0.25, 0.3) is 0 Å². The van der Waals surface area contributed by atoms with Crippen molar-refractivity contribution in [3.05, 3.63) is 12.2 Å². The molecule has 0 saturated carbocycles. The number of esters is 1. The fourth-order valence-electron chi connectivity index (χ4n) is 1.86. The van der Waals surface area contributed by atoms with Crippen LogP contribution in [-0.2, 0) is 19.0 Å². The molecule has 22 heavy (non-hydrogen) atoms. The molecule has 1 aliphatic heterocycles. The fraction of sp³-hybridized carbons (Fsp3) is 0.769. The Kier molecular flexibility index (Phi) is 7.90. The molecule has 128 valence electrons. The maximum absolute atomic E-state index is 11.2. The monoisotopic (exact) mass is 322 g/mol. The van der Waals surface area contributed by atoms with Gasteiger partial charge in [-0.1, -0.05) is 6.08 Å². The smallest absolute Gasteiger partial charge is 0.330 e. The van der Waals surface area contributed by atoms with E-state index in [0.717, 1.165) is 0 Å². The zero-order valence-electron chi connectivity index (χ0n) is 12.1. The lowest BCUT2D eigenvalue weighted by Crippen LogP contribution is -2.60. The highest BCUT2D eigenvalue weighted by atomic mass is 16.7. The van der Waals surface area contributed by atoms with E-state index in [0.29, 0.717) is 0 Å². The maximum Gasteiger partial charge on any atom is 0.330 e. The van der Waals surface area contributed by atoms with Crippen molar-refractivity contribution >= 4 is 5.97 Å². The molecule has 0 aromatic rings. The van der Waals surface area contributed by atoms with Gasteiger partial charge in [-0.05, 0) is 6.92 Å². The lowest BCUT2D eigenvalue weighted by Gasteiger charge is -2.40. The topological polar surface area (TPSA) is 146 Å². The van der Waals surface area contributed by atoms with E-state index in [1.165, 1.54) is 12.2 Å². The Hall–Kier alpha value is -1.07. The van der Waals surface area contributed by atoms with Gasteiger partial charge in [-0.15, -0.1) is 0 Å². The van der Waals surface area contributed by atoms with Crippen LogP contribution in [0.4, 0.5) is 0 Å². The summed E-state index contributed by atoms with van der Waals surface area (Å²) in [6.45, 7) is 0.215. The summed E-state index contributed by atoms with van der Waals surface area (Å²) >= 11 is 0. The van der Waals surface area contributed by atoms with Crippen molar-refractivity contribution in [2.24, 2.45) is 0 Å². The van der Waals surface area contributed by atoms with Gasteiger partial charge in [0.15, 0.2) is 6.29 Å². The summed E-state index contributed by atoms with van der Waals surface area (Å²) in [5, 5.41) is 47.3. The number of aliphatic hydroxyl groups excluding tert-OH is 5. The Bertz CT molecular complexity index is 371. The lowest BCUT2D eigenvalue weighted by atomic mass is 9.99. The van der Waals surface area contributed by atoms with Crippen LogP contribution in [0.15, 0.2) is 12.2 Å². The van der Waals surface area contributed by atoms with Crippen molar-refractivity contribution in [2.75, 3.05) is 19.8 Å². The third kappa shape index (κ3) is 4.99. The number of rotatable bonds is 7. The van der Waals surface area contributed by atoms with E-state index in [9.17, 15) is 25.2 Å². The Morgan fingerprint density at radius 1 is 1.23 bits per heavy atom. The lowest BCUT2D eigenvalue weighted by molar-refractivity contribution is -0.315. The van der Waals surface area contributed by atoms with Crippen molar-refractivity contribution in [2.45, 2.75) is 43.7 Å². The van der Waals surface area contributed by atoms with Gasteiger partial charge < -0.3 is 39.7 Å². The second-order valence-electron chi connectivity index (χ2n) is 4.77. The van der Waals surface area contributed by atoms with Gasteiger partial charge >= 0.3 is 5.97 Å². The highest BCUT2D eigenvalue weighted by Gasteiger charge is 2.44. The minimum Gasteiger partial charge on any atom is -0.460 e. The molecule has 0 amide bonds. The van der Waals surface area contributed by atoms with Gasteiger partial charge in [0, 0.05) is 6.08 Å². The molecule has 9 heteroatoms. The molecule has 0 aromatic heterocycles. The van der Waals surface area contributed by atoms with Crippen molar-refractivity contribution in [1.29, 1.82) is 0 Å². The second kappa shape index (κ2) is 9.16. The number of hydrogen-bond donors (Lipinski definition) is 5. The van der Waals surface area contributed by atoms with Crippen LogP contribution < -0.4 is 0 Å². The third-order valence-corrected chi connectivity index (χ3v) is 3.09. The number of carbonyl (C=O) groups excluding carboxylic acids is 1. The van der Waals surface area contributed by atoms with Gasteiger partial charge in [0.1, 0.15) is 37.1 Å². The summed E-state index contributed by atoms with van der Waals surface area (Å²) in [4.78, 5) is 11.2. The molecular weight excluding hydrogens is 300 g/mol. The van der Waals surface area contributed by atoms with E-state index < -0.39 is 56.0 Å². The fourth-order valence-corrected chi connectivity index (χ4v) is 1.86. The number of ether oxygens (including phenoxy) is 3. The standard InChI is InChI=1S/C13H22O9/c1-2-3-9(16)20-6-7(4-14)21-13-12(19)11(18)10(17)8(5-15)22-13/h2-3,7-8,10-15,17-19H,4-6H2,1H3/b3-2+/t7-,8-,10+,11+,12-,13-/m1/s1. The van der Waals surface area contributed by atoms with Crippen LogP contribution in [0.3, 0.4) is 0 Å². The first-order valence-corrected chi connectivity index (χ1v) is 6.80. The highest BCUT2D eigenvalue weighted by Crippen LogP contribution is 2.22. The minimum absolute atomic E-state index is 0.297. The molecule has 1 aliphatic rings. The van der Waals surface area contributed by atoms with Gasteiger partial charge in [0.2, 0.25) is 0 Å². The summed E-state index contributed by atoms with van der Waals surface area (Å²) in [5.74, 6) is -0.627. The first kappa shape index (κ1) is 19.0. The SMILES string of the molecule is C/C=C/C(=O)OC[C@@H](CO)O[C@@H]1O[C@H](CO)[C@H](O)[C@H](O)[C@H]1O. The number of allylic oxidation sites excluding steroid dienone is 1. The molecule has 0 aromatic carbocycles. The summed E-state index contributed by atoms with van der Waals surface area (Å²) in [6.07, 6.45) is -5.52. The maximum atomic E-state index is 11.2. The largest absolute Gasteiger partial charge is 0.460 e. The third-order valence-electron chi connectivity index (χ3n) is 3.09. The molecule has 6 atom stereocenters. The zero-order chi connectivity index (χ0) is 16.7. The molecule has 0 aliphatic carbocycles. The van der Waals surface area contributed by atoms with Gasteiger partial charge in [-0.3, -0.25) is 0 Å². The van der Waals surface area contributed by atoms with Gasteiger partial charge in [0.05, 0.1) is 13.2 Å². The van der Waals surface area contributed by atoms with Crippen LogP contribution in [0.25, 0.3) is 0 Å². The van der Waals surface area contributed by atoms with E-state index in [4.69, 9.17) is 19.3 Å². The number of carbonyl (C=O) groups is 1. The van der Waals surface area contributed by atoms with E-state index in [1.54, 1.807) is 6.92 Å². The van der Waals surface area contributed by atoms with Gasteiger partial charge in [-0.25, -0.2) is 4.79 Å². The van der Waals surface area contributed by atoms with Crippen LogP contribution >= 0.6 is 0 Å². The van der Waals surface area contributed by atoms with Gasteiger partial charge in [-0.2, -0.15) is 0 Å². The summed E-state index contributed by atoms with van der Waals surface area (Å²) in [6, 6.07) is 0. The number of aliphatic hydroxyl groups is 5. The zero-order valence-corrected chi connectivity index (χ0v) is 12.1. The average Bonchev–Trinajstić information content (AvgIpc) is 2.51. The van der Waals surface area contributed by atoms with Crippen LogP contribution in [0, 0.1) is 0 Å². The minimum atomic E-state index is -1.59. The molecule has 1 saturated heterocycles. The Balaban J connectivity index is 2.59. The predicted molar refractivity (Wildman–Crippen MR) is 71.5 cm³/mol. The predicted octanol–water partition coefficient (Wildman–Crippen LogP) is -2.72. The molecular formula is C13H22O9. The Labute approximate surface area is 127 Å². The molecule has 0 unspecified atom stereocenters. The molecule has 1 fully saturated rings. The molecule has 1 heterocycles. The molecule has 5 N–H and O–H groups in total. The quantitative estimate of drug-likeness (QED) is 0.249.